The second-order valence-corrected chi connectivity index (χ2v) is 7.23. The van der Waals surface area contributed by atoms with Crippen molar-refractivity contribution < 1.29 is 22.7 Å². The Hall–Kier alpha value is -1.83. The summed E-state index contributed by atoms with van der Waals surface area (Å²) >= 11 is 0. The second kappa shape index (κ2) is 9.92. The summed E-state index contributed by atoms with van der Waals surface area (Å²) in [4.78, 5) is 16.4. The fraction of sp³-hybridized carbons (Fsp3) is 0.684. The lowest BCUT2D eigenvalue weighted by Gasteiger charge is -2.29. The molecule has 3 atom stereocenters. The largest absolute Gasteiger partial charge is 0.397 e. The van der Waals surface area contributed by atoms with Crippen molar-refractivity contribution in [2.45, 2.75) is 56.8 Å². The standard InChI is InChI=1S/C19H28F3N3O2/c1-25(13-26)18(23)24-15(11-14-7-3-2-4-8-14)12-27-17-10-6-5-9-16(17)19(20,21)22/h5-6,9-10,13-17H,2-4,7-8,11-12H2,1H3,(H2,23,24). The fourth-order valence-electron chi connectivity index (χ4n) is 3.56. The number of amides is 1. The minimum Gasteiger partial charge on any atom is -0.371 e. The van der Waals surface area contributed by atoms with E-state index >= 15 is 0 Å². The van der Waals surface area contributed by atoms with Crippen molar-refractivity contribution in [3.63, 3.8) is 0 Å². The zero-order valence-corrected chi connectivity index (χ0v) is 15.6. The number of hydrogen-bond acceptors (Lipinski definition) is 3. The predicted octanol–water partition coefficient (Wildman–Crippen LogP) is 3.42. The van der Waals surface area contributed by atoms with Crippen LogP contribution in [0, 0.1) is 11.8 Å². The van der Waals surface area contributed by atoms with E-state index in [4.69, 9.17) is 10.5 Å². The van der Waals surface area contributed by atoms with E-state index in [1.54, 1.807) is 6.08 Å². The van der Waals surface area contributed by atoms with Crippen molar-refractivity contribution in [2.75, 3.05) is 13.7 Å². The van der Waals surface area contributed by atoms with Crippen LogP contribution in [0.3, 0.4) is 0 Å². The zero-order chi connectivity index (χ0) is 19.9. The maximum absolute atomic E-state index is 13.2. The van der Waals surface area contributed by atoms with Gasteiger partial charge in [0.15, 0.2) is 5.96 Å². The molecule has 0 radical (unpaired) electrons. The van der Waals surface area contributed by atoms with E-state index in [2.05, 4.69) is 4.99 Å². The number of nitrogens with zero attached hydrogens (tertiary/aromatic N) is 2. The van der Waals surface area contributed by atoms with Crippen molar-refractivity contribution in [3.05, 3.63) is 24.3 Å². The van der Waals surface area contributed by atoms with Gasteiger partial charge >= 0.3 is 6.18 Å². The third-order valence-corrected chi connectivity index (χ3v) is 5.11. The first-order chi connectivity index (χ1) is 12.8. The van der Waals surface area contributed by atoms with Crippen molar-refractivity contribution in [3.8, 4) is 0 Å². The number of aliphatic imine (C=N–C) groups is 1. The molecule has 1 fully saturated rings. The van der Waals surface area contributed by atoms with Gasteiger partial charge in [0, 0.05) is 7.05 Å². The van der Waals surface area contributed by atoms with Gasteiger partial charge in [0.1, 0.15) is 5.92 Å². The molecule has 152 valence electrons. The van der Waals surface area contributed by atoms with E-state index in [1.165, 1.54) is 25.6 Å². The van der Waals surface area contributed by atoms with Crippen LogP contribution in [0.15, 0.2) is 29.3 Å². The van der Waals surface area contributed by atoms with Crippen molar-refractivity contribution in [1.29, 1.82) is 0 Å². The third kappa shape index (κ3) is 6.68. The van der Waals surface area contributed by atoms with E-state index in [1.807, 2.05) is 0 Å². The number of carbonyl (C=O) groups is 1. The average Bonchev–Trinajstić information content (AvgIpc) is 2.65. The highest BCUT2D eigenvalue weighted by atomic mass is 19.4. The average molecular weight is 387 g/mol. The van der Waals surface area contributed by atoms with Gasteiger partial charge in [-0.2, -0.15) is 13.2 Å². The smallest absolute Gasteiger partial charge is 0.371 e. The quantitative estimate of drug-likeness (QED) is 0.413. The summed E-state index contributed by atoms with van der Waals surface area (Å²) < 4.78 is 45.2. The molecule has 0 saturated heterocycles. The van der Waals surface area contributed by atoms with Gasteiger partial charge in [-0.05, 0) is 12.3 Å². The monoisotopic (exact) mass is 387 g/mol. The Labute approximate surface area is 158 Å². The topological polar surface area (TPSA) is 67.9 Å². The summed E-state index contributed by atoms with van der Waals surface area (Å²) in [5, 5.41) is 0. The summed E-state index contributed by atoms with van der Waals surface area (Å²) in [6, 6.07) is -0.385. The van der Waals surface area contributed by atoms with Gasteiger partial charge in [-0.3, -0.25) is 9.69 Å². The first kappa shape index (κ1) is 21.5. The van der Waals surface area contributed by atoms with Crippen molar-refractivity contribution in [1.82, 2.24) is 4.90 Å². The highest BCUT2D eigenvalue weighted by Gasteiger charge is 2.43. The molecule has 1 saturated carbocycles. The molecule has 5 nitrogen and oxygen atoms in total. The highest BCUT2D eigenvalue weighted by Crippen LogP contribution is 2.34. The number of ether oxygens (including phenoxy) is 1. The Bertz CT molecular complexity index is 569. The SMILES string of the molecule is CN(C=O)C(N)=NC(COC1C=CC=CC1C(F)(F)F)CC1CCCCC1. The molecule has 0 aromatic rings. The second-order valence-electron chi connectivity index (χ2n) is 7.23. The van der Waals surface area contributed by atoms with Gasteiger partial charge in [0.2, 0.25) is 6.41 Å². The van der Waals surface area contributed by atoms with Crippen LogP contribution in [-0.2, 0) is 9.53 Å². The van der Waals surface area contributed by atoms with Crippen LogP contribution in [-0.4, -0.2) is 49.2 Å². The molecular weight excluding hydrogens is 359 g/mol. The number of rotatable bonds is 7. The van der Waals surface area contributed by atoms with Crippen LogP contribution < -0.4 is 5.73 Å². The van der Waals surface area contributed by atoms with Crippen LogP contribution >= 0.6 is 0 Å². The maximum Gasteiger partial charge on any atom is 0.397 e. The molecular formula is C19H28F3N3O2. The van der Waals surface area contributed by atoms with Gasteiger partial charge in [0.25, 0.3) is 0 Å². The Kier molecular flexibility index (Phi) is 7.89. The summed E-state index contributed by atoms with van der Waals surface area (Å²) in [7, 11) is 1.48. The van der Waals surface area contributed by atoms with E-state index in [0.717, 1.165) is 36.7 Å². The molecule has 0 bridgehead atoms. The first-order valence-electron chi connectivity index (χ1n) is 9.36. The molecule has 3 unspecified atom stereocenters. The molecule has 0 spiro atoms. The van der Waals surface area contributed by atoms with Crippen LogP contribution in [0.25, 0.3) is 0 Å². The Morgan fingerprint density at radius 2 is 1.96 bits per heavy atom. The van der Waals surface area contributed by atoms with Gasteiger partial charge in [0.05, 0.1) is 18.8 Å². The molecule has 1 amide bonds. The fourth-order valence-corrected chi connectivity index (χ4v) is 3.56. The molecule has 2 aliphatic carbocycles. The van der Waals surface area contributed by atoms with Gasteiger partial charge in [-0.15, -0.1) is 0 Å². The zero-order valence-electron chi connectivity index (χ0n) is 15.6. The molecule has 2 rings (SSSR count). The van der Waals surface area contributed by atoms with Gasteiger partial charge in [-0.25, -0.2) is 4.99 Å². The number of alkyl halides is 3. The summed E-state index contributed by atoms with van der Waals surface area (Å²) in [5.74, 6) is -1.18. The predicted molar refractivity (Wildman–Crippen MR) is 98.0 cm³/mol. The Morgan fingerprint density at radius 1 is 1.30 bits per heavy atom. The lowest BCUT2D eigenvalue weighted by Crippen LogP contribution is -2.38. The molecule has 0 aliphatic heterocycles. The molecule has 2 aliphatic rings. The lowest BCUT2D eigenvalue weighted by atomic mass is 9.85. The minimum absolute atomic E-state index is 0.0271. The van der Waals surface area contributed by atoms with E-state index in [-0.39, 0.29) is 18.6 Å². The minimum atomic E-state index is -4.37. The number of halogens is 3. The van der Waals surface area contributed by atoms with E-state index in [9.17, 15) is 18.0 Å². The molecule has 0 heterocycles. The van der Waals surface area contributed by atoms with Crippen LogP contribution in [0.2, 0.25) is 0 Å². The highest BCUT2D eigenvalue weighted by molar-refractivity contribution is 5.87. The molecule has 8 heteroatoms. The van der Waals surface area contributed by atoms with Crippen LogP contribution in [0.1, 0.15) is 38.5 Å². The van der Waals surface area contributed by atoms with E-state index < -0.39 is 18.2 Å². The van der Waals surface area contributed by atoms with Crippen molar-refractivity contribution >= 4 is 12.4 Å². The summed E-state index contributed by atoms with van der Waals surface area (Å²) in [6.45, 7) is 0.0271. The molecule has 0 aromatic heterocycles. The normalized spacial score (nSPS) is 25.4. The summed E-state index contributed by atoms with van der Waals surface area (Å²) in [6.07, 6.45) is 6.92. The van der Waals surface area contributed by atoms with Crippen LogP contribution in [0.4, 0.5) is 13.2 Å². The van der Waals surface area contributed by atoms with Crippen LogP contribution in [0.5, 0.6) is 0 Å². The number of carbonyl (C=O) groups excluding carboxylic acids is 1. The lowest BCUT2D eigenvalue weighted by molar-refractivity contribution is -0.186. The number of allylic oxidation sites excluding steroid dienone is 2. The molecule has 2 N–H and O–H groups in total. The molecule has 0 aromatic carbocycles. The van der Waals surface area contributed by atoms with Gasteiger partial charge < -0.3 is 10.5 Å². The summed E-state index contributed by atoms with van der Waals surface area (Å²) in [5.41, 5.74) is 5.82. The van der Waals surface area contributed by atoms with Crippen molar-refractivity contribution in [2.24, 2.45) is 22.6 Å². The van der Waals surface area contributed by atoms with E-state index in [0.29, 0.717) is 18.7 Å². The number of guanidine groups is 1. The Morgan fingerprint density at radius 3 is 2.59 bits per heavy atom. The third-order valence-electron chi connectivity index (χ3n) is 5.11. The van der Waals surface area contributed by atoms with Gasteiger partial charge in [-0.1, -0.05) is 56.4 Å². The Balaban J connectivity index is 2.04. The first-order valence-corrected chi connectivity index (χ1v) is 9.36. The maximum atomic E-state index is 13.2. The number of hydrogen-bond donors (Lipinski definition) is 1. The molecule has 27 heavy (non-hydrogen) atoms. The number of nitrogens with two attached hydrogens (primary N) is 1.